The Kier molecular flexibility index (Phi) is 3.16. The fraction of sp³-hybridized carbons (Fsp3) is 0.231. The van der Waals surface area contributed by atoms with Crippen molar-refractivity contribution in [1.82, 2.24) is 4.57 Å². The number of fused-ring (bicyclic) bond motifs is 1. The smallest absolute Gasteiger partial charge is 0.337 e. The molecule has 0 amide bonds. The second-order valence-corrected chi connectivity index (χ2v) is 4.02. The molecule has 0 bridgehead atoms. The topological polar surface area (TPSA) is 79.5 Å². The van der Waals surface area contributed by atoms with Gasteiger partial charge in [-0.3, -0.25) is 4.79 Å². The molecule has 1 aromatic carbocycles. The fourth-order valence-electron chi connectivity index (χ4n) is 2.10. The standard InChI is InChI=1S/C13H13NO4/c1-8(16)11-7-14(5-6-15)12-9(11)3-2-4-10(12)13(17)18/h2-4,7,15H,5-6H2,1H3,(H,17,18). The van der Waals surface area contributed by atoms with Gasteiger partial charge in [-0.25, -0.2) is 4.79 Å². The largest absolute Gasteiger partial charge is 0.478 e. The Labute approximate surface area is 103 Å². The van der Waals surface area contributed by atoms with Crippen molar-refractivity contribution >= 4 is 22.7 Å². The SMILES string of the molecule is CC(=O)c1cn(CCO)c2c(C(=O)O)cccc12. The first kappa shape index (κ1) is 12.3. The molecule has 2 N–H and O–H groups in total. The lowest BCUT2D eigenvalue weighted by atomic mass is 10.1. The highest BCUT2D eigenvalue weighted by atomic mass is 16.4. The number of aromatic nitrogens is 1. The van der Waals surface area contributed by atoms with Crippen LogP contribution in [0.3, 0.4) is 0 Å². The number of rotatable bonds is 4. The fourth-order valence-corrected chi connectivity index (χ4v) is 2.10. The zero-order valence-electron chi connectivity index (χ0n) is 9.88. The van der Waals surface area contributed by atoms with Crippen LogP contribution in [0.1, 0.15) is 27.6 Å². The van der Waals surface area contributed by atoms with Crippen LogP contribution in [0, 0.1) is 0 Å². The van der Waals surface area contributed by atoms with Gasteiger partial charge in [0.1, 0.15) is 0 Å². The predicted octanol–water partition coefficient (Wildman–Crippen LogP) is 1.53. The minimum atomic E-state index is -1.05. The van der Waals surface area contributed by atoms with Gasteiger partial charge in [-0.1, -0.05) is 12.1 Å². The van der Waals surface area contributed by atoms with Crippen LogP contribution in [0.5, 0.6) is 0 Å². The van der Waals surface area contributed by atoms with E-state index in [4.69, 9.17) is 10.2 Å². The number of Topliss-reactive ketones (excluding diaryl/α,β-unsaturated/α-hetero) is 1. The van der Waals surface area contributed by atoms with E-state index in [0.29, 0.717) is 16.5 Å². The maximum Gasteiger partial charge on any atom is 0.337 e. The van der Waals surface area contributed by atoms with Crippen LogP contribution in [0.4, 0.5) is 0 Å². The van der Waals surface area contributed by atoms with Crippen molar-refractivity contribution in [2.45, 2.75) is 13.5 Å². The number of hydrogen-bond acceptors (Lipinski definition) is 3. The summed E-state index contributed by atoms with van der Waals surface area (Å²) < 4.78 is 1.61. The number of hydrogen-bond donors (Lipinski definition) is 2. The molecular formula is C13H13NO4. The lowest BCUT2D eigenvalue weighted by molar-refractivity contribution is 0.0698. The van der Waals surface area contributed by atoms with E-state index in [1.807, 2.05) is 0 Å². The van der Waals surface area contributed by atoms with E-state index in [2.05, 4.69) is 0 Å². The van der Waals surface area contributed by atoms with Gasteiger partial charge < -0.3 is 14.8 Å². The highest BCUT2D eigenvalue weighted by Crippen LogP contribution is 2.25. The minimum absolute atomic E-state index is 0.116. The Morgan fingerprint density at radius 2 is 2.00 bits per heavy atom. The number of carboxylic acids is 1. The van der Waals surface area contributed by atoms with Gasteiger partial charge >= 0.3 is 5.97 Å². The van der Waals surface area contributed by atoms with Crippen LogP contribution >= 0.6 is 0 Å². The first-order chi connectivity index (χ1) is 8.56. The van der Waals surface area contributed by atoms with Crippen molar-refractivity contribution < 1.29 is 19.8 Å². The van der Waals surface area contributed by atoms with Gasteiger partial charge in [0, 0.05) is 23.7 Å². The highest BCUT2D eigenvalue weighted by molar-refractivity contribution is 6.11. The van der Waals surface area contributed by atoms with E-state index in [1.165, 1.54) is 13.0 Å². The number of ketones is 1. The van der Waals surface area contributed by atoms with Crippen LogP contribution in [0.25, 0.3) is 10.9 Å². The number of carbonyl (C=O) groups is 2. The Morgan fingerprint density at radius 3 is 2.56 bits per heavy atom. The van der Waals surface area contributed by atoms with Crippen molar-refractivity contribution in [2.75, 3.05) is 6.61 Å². The number of nitrogens with zero attached hydrogens (tertiary/aromatic N) is 1. The molecule has 5 nitrogen and oxygen atoms in total. The molecule has 0 aliphatic carbocycles. The first-order valence-electron chi connectivity index (χ1n) is 5.53. The molecule has 2 rings (SSSR count). The predicted molar refractivity (Wildman–Crippen MR) is 66.0 cm³/mol. The first-order valence-corrected chi connectivity index (χ1v) is 5.53. The summed E-state index contributed by atoms with van der Waals surface area (Å²) in [6.45, 7) is 1.58. The summed E-state index contributed by atoms with van der Waals surface area (Å²) in [5, 5.41) is 18.8. The van der Waals surface area contributed by atoms with Crippen LogP contribution < -0.4 is 0 Å². The lowest BCUT2D eigenvalue weighted by Crippen LogP contribution is -2.05. The molecular weight excluding hydrogens is 234 g/mol. The molecule has 0 saturated heterocycles. The van der Waals surface area contributed by atoms with Crippen molar-refractivity contribution in [3.63, 3.8) is 0 Å². The summed E-state index contributed by atoms with van der Waals surface area (Å²) in [5.41, 5.74) is 1.08. The quantitative estimate of drug-likeness (QED) is 0.803. The Hall–Kier alpha value is -2.14. The number of aliphatic hydroxyl groups is 1. The van der Waals surface area contributed by atoms with Crippen LogP contribution in [-0.4, -0.2) is 33.1 Å². The Balaban J connectivity index is 2.82. The number of carboxylic acid groups (broad SMARTS) is 1. The van der Waals surface area contributed by atoms with E-state index in [-0.39, 0.29) is 24.5 Å². The Morgan fingerprint density at radius 1 is 1.28 bits per heavy atom. The molecule has 0 unspecified atom stereocenters. The third-order valence-corrected chi connectivity index (χ3v) is 2.85. The molecule has 1 heterocycles. The molecule has 0 atom stereocenters. The minimum Gasteiger partial charge on any atom is -0.478 e. The average molecular weight is 247 g/mol. The second kappa shape index (κ2) is 4.62. The molecule has 0 fully saturated rings. The monoisotopic (exact) mass is 247 g/mol. The molecule has 0 radical (unpaired) electrons. The third kappa shape index (κ3) is 1.89. The van der Waals surface area contributed by atoms with E-state index in [0.717, 1.165) is 0 Å². The summed E-state index contributed by atoms with van der Waals surface area (Å²) in [7, 11) is 0. The summed E-state index contributed by atoms with van der Waals surface area (Å²) >= 11 is 0. The van der Waals surface area contributed by atoms with E-state index < -0.39 is 5.97 Å². The number of para-hydroxylation sites is 1. The van der Waals surface area contributed by atoms with Crippen LogP contribution in [0.15, 0.2) is 24.4 Å². The van der Waals surface area contributed by atoms with Gasteiger partial charge in [0.25, 0.3) is 0 Å². The van der Waals surface area contributed by atoms with Crippen molar-refractivity contribution in [1.29, 1.82) is 0 Å². The van der Waals surface area contributed by atoms with Crippen molar-refractivity contribution in [3.05, 3.63) is 35.5 Å². The van der Waals surface area contributed by atoms with Gasteiger partial charge in [-0.05, 0) is 13.0 Å². The molecule has 2 aromatic rings. The number of benzene rings is 1. The molecule has 0 aliphatic rings. The van der Waals surface area contributed by atoms with Gasteiger partial charge in [0.05, 0.1) is 17.7 Å². The van der Waals surface area contributed by atoms with Crippen LogP contribution in [-0.2, 0) is 6.54 Å². The summed E-state index contributed by atoms with van der Waals surface area (Å²) in [6.07, 6.45) is 1.59. The molecule has 1 aromatic heterocycles. The second-order valence-electron chi connectivity index (χ2n) is 4.02. The normalized spacial score (nSPS) is 10.8. The molecule has 18 heavy (non-hydrogen) atoms. The molecule has 5 heteroatoms. The van der Waals surface area contributed by atoms with Crippen molar-refractivity contribution in [3.8, 4) is 0 Å². The average Bonchev–Trinajstić information content (AvgIpc) is 2.69. The molecule has 0 spiro atoms. The van der Waals surface area contributed by atoms with Crippen LogP contribution in [0.2, 0.25) is 0 Å². The molecule has 0 saturated carbocycles. The van der Waals surface area contributed by atoms with Gasteiger partial charge in [-0.15, -0.1) is 0 Å². The maximum atomic E-state index is 11.5. The maximum absolute atomic E-state index is 11.5. The summed E-state index contributed by atoms with van der Waals surface area (Å²) in [4.78, 5) is 22.7. The zero-order chi connectivity index (χ0) is 13.3. The van der Waals surface area contributed by atoms with Gasteiger partial charge in [0.2, 0.25) is 0 Å². The van der Waals surface area contributed by atoms with Gasteiger partial charge in [-0.2, -0.15) is 0 Å². The van der Waals surface area contributed by atoms with E-state index >= 15 is 0 Å². The van der Waals surface area contributed by atoms with Crippen molar-refractivity contribution in [2.24, 2.45) is 0 Å². The lowest BCUT2D eigenvalue weighted by Gasteiger charge is -2.05. The highest BCUT2D eigenvalue weighted by Gasteiger charge is 2.17. The van der Waals surface area contributed by atoms with Gasteiger partial charge in [0.15, 0.2) is 5.78 Å². The van der Waals surface area contributed by atoms with E-state index in [9.17, 15) is 9.59 Å². The molecule has 94 valence electrons. The zero-order valence-corrected chi connectivity index (χ0v) is 9.88. The number of aliphatic hydroxyl groups excluding tert-OH is 1. The van der Waals surface area contributed by atoms with E-state index in [1.54, 1.807) is 22.9 Å². The Bertz CT molecular complexity index is 627. The molecule has 0 aliphatic heterocycles. The third-order valence-electron chi connectivity index (χ3n) is 2.85. The number of carbonyl (C=O) groups excluding carboxylic acids is 1. The number of aromatic carboxylic acids is 1. The summed E-state index contributed by atoms with van der Waals surface area (Å²) in [6, 6.07) is 4.82. The summed E-state index contributed by atoms with van der Waals surface area (Å²) in [5.74, 6) is -1.17.